The van der Waals surface area contributed by atoms with E-state index in [2.05, 4.69) is 10.6 Å². The summed E-state index contributed by atoms with van der Waals surface area (Å²) in [6.45, 7) is -0.341. The second-order valence-electron chi connectivity index (χ2n) is 6.51. The first kappa shape index (κ1) is 22.2. The summed E-state index contributed by atoms with van der Waals surface area (Å²) < 4.78 is 31.5. The fraction of sp³-hybridized carbons (Fsp3) is 0.0417. The van der Waals surface area contributed by atoms with Crippen molar-refractivity contribution in [2.45, 2.75) is 0 Å². The maximum absolute atomic E-state index is 13.0. The van der Waals surface area contributed by atoms with Crippen LogP contribution in [0.4, 0.5) is 20.2 Å². The Hall–Kier alpha value is -4.51. The Labute approximate surface area is 182 Å². The molecule has 32 heavy (non-hydrogen) atoms. The van der Waals surface area contributed by atoms with E-state index >= 15 is 0 Å². The van der Waals surface area contributed by atoms with E-state index in [-0.39, 0.29) is 17.9 Å². The molecule has 0 fully saturated rings. The zero-order valence-electron chi connectivity index (χ0n) is 16.6. The molecule has 0 saturated heterocycles. The SMILES string of the molecule is N#CC(=Cc1ccccc1OCC(=O)Nc1ccc(F)cc1)C(=O)Nc1ccc(F)cc1. The summed E-state index contributed by atoms with van der Waals surface area (Å²) >= 11 is 0. The highest BCUT2D eigenvalue weighted by Crippen LogP contribution is 2.22. The molecule has 0 atom stereocenters. The van der Waals surface area contributed by atoms with Crippen molar-refractivity contribution in [2.24, 2.45) is 0 Å². The molecular formula is C24H17F2N3O3. The molecule has 6 nitrogen and oxygen atoms in total. The summed E-state index contributed by atoms with van der Waals surface area (Å²) in [5, 5.41) is 14.5. The van der Waals surface area contributed by atoms with Gasteiger partial charge in [-0.3, -0.25) is 9.59 Å². The van der Waals surface area contributed by atoms with Gasteiger partial charge in [0, 0.05) is 16.9 Å². The van der Waals surface area contributed by atoms with E-state index in [1.807, 2.05) is 6.07 Å². The zero-order chi connectivity index (χ0) is 22.9. The molecule has 2 amide bonds. The summed E-state index contributed by atoms with van der Waals surface area (Å²) in [5.41, 5.74) is 0.950. The molecule has 3 aromatic rings. The van der Waals surface area contributed by atoms with Gasteiger partial charge in [-0.1, -0.05) is 18.2 Å². The largest absolute Gasteiger partial charge is 0.483 e. The fourth-order valence-corrected chi connectivity index (χ4v) is 2.64. The maximum Gasteiger partial charge on any atom is 0.266 e. The molecule has 0 heterocycles. The van der Waals surface area contributed by atoms with Gasteiger partial charge < -0.3 is 15.4 Å². The Bertz CT molecular complexity index is 1180. The van der Waals surface area contributed by atoms with Crippen molar-refractivity contribution in [1.29, 1.82) is 5.26 Å². The van der Waals surface area contributed by atoms with E-state index < -0.39 is 23.4 Å². The van der Waals surface area contributed by atoms with Gasteiger partial charge in [-0.15, -0.1) is 0 Å². The first-order valence-electron chi connectivity index (χ1n) is 9.40. The van der Waals surface area contributed by atoms with Gasteiger partial charge in [0.25, 0.3) is 11.8 Å². The molecule has 0 aromatic heterocycles. The van der Waals surface area contributed by atoms with E-state index in [9.17, 15) is 23.6 Å². The van der Waals surface area contributed by atoms with Crippen LogP contribution < -0.4 is 15.4 Å². The molecule has 0 aliphatic carbocycles. The molecule has 0 aliphatic heterocycles. The summed E-state index contributed by atoms with van der Waals surface area (Å²) in [6.07, 6.45) is 1.33. The van der Waals surface area contributed by atoms with Gasteiger partial charge in [-0.05, 0) is 60.7 Å². The maximum atomic E-state index is 13.0. The van der Waals surface area contributed by atoms with Crippen LogP contribution in [0.5, 0.6) is 5.75 Å². The van der Waals surface area contributed by atoms with Crippen LogP contribution in [0.15, 0.2) is 78.4 Å². The number of nitrogens with one attached hydrogen (secondary N) is 2. The molecule has 3 aromatic carbocycles. The number of carbonyl (C=O) groups is 2. The van der Waals surface area contributed by atoms with Gasteiger partial charge in [0.2, 0.25) is 0 Å². The molecule has 0 radical (unpaired) electrons. The van der Waals surface area contributed by atoms with Crippen molar-refractivity contribution in [1.82, 2.24) is 0 Å². The number of hydrogen-bond acceptors (Lipinski definition) is 4. The number of halogens is 2. The minimum atomic E-state index is -0.678. The van der Waals surface area contributed by atoms with E-state index in [0.29, 0.717) is 16.9 Å². The van der Waals surface area contributed by atoms with Crippen LogP contribution in [0, 0.1) is 23.0 Å². The first-order valence-corrected chi connectivity index (χ1v) is 9.40. The Morgan fingerprint density at radius 2 is 1.44 bits per heavy atom. The number of nitrogens with zero attached hydrogens (tertiary/aromatic N) is 1. The molecule has 0 unspecified atom stereocenters. The number of carbonyl (C=O) groups excluding carboxylic acids is 2. The zero-order valence-corrected chi connectivity index (χ0v) is 16.6. The predicted octanol–water partition coefficient (Wildman–Crippen LogP) is 4.53. The quantitative estimate of drug-likeness (QED) is 0.423. The first-order chi connectivity index (χ1) is 15.4. The van der Waals surface area contributed by atoms with Crippen molar-refractivity contribution in [2.75, 3.05) is 17.2 Å². The Balaban J connectivity index is 1.68. The van der Waals surface area contributed by atoms with Crippen LogP contribution in [0.1, 0.15) is 5.56 Å². The smallest absolute Gasteiger partial charge is 0.266 e. The molecule has 0 aliphatic rings. The summed E-state index contributed by atoms with van der Waals surface area (Å²) in [6, 6.07) is 18.8. The van der Waals surface area contributed by atoms with E-state index in [1.165, 1.54) is 54.6 Å². The molecule has 3 rings (SSSR count). The number of nitriles is 1. The molecular weight excluding hydrogens is 416 g/mol. The topological polar surface area (TPSA) is 91.2 Å². The Kier molecular flexibility index (Phi) is 7.28. The monoisotopic (exact) mass is 433 g/mol. The third-order valence-corrected chi connectivity index (χ3v) is 4.17. The fourth-order valence-electron chi connectivity index (χ4n) is 2.64. The third-order valence-electron chi connectivity index (χ3n) is 4.17. The van der Waals surface area contributed by atoms with Crippen molar-refractivity contribution >= 4 is 29.3 Å². The van der Waals surface area contributed by atoms with Crippen LogP contribution in [0.3, 0.4) is 0 Å². The van der Waals surface area contributed by atoms with Crippen LogP contribution >= 0.6 is 0 Å². The lowest BCUT2D eigenvalue weighted by Gasteiger charge is -2.10. The third kappa shape index (κ3) is 6.24. The highest BCUT2D eigenvalue weighted by Gasteiger charge is 2.12. The van der Waals surface area contributed by atoms with Crippen molar-refractivity contribution in [3.05, 3.63) is 95.6 Å². The van der Waals surface area contributed by atoms with Crippen molar-refractivity contribution in [3.8, 4) is 11.8 Å². The molecule has 160 valence electrons. The lowest BCUT2D eigenvalue weighted by Crippen LogP contribution is -2.20. The van der Waals surface area contributed by atoms with Gasteiger partial charge in [0.05, 0.1) is 0 Å². The van der Waals surface area contributed by atoms with Gasteiger partial charge in [-0.25, -0.2) is 8.78 Å². The predicted molar refractivity (Wildman–Crippen MR) is 116 cm³/mol. The highest BCUT2D eigenvalue weighted by molar-refractivity contribution is 6.09. The standard InChI is InChI=1S/C24H17F2N3O3/c25-18-5-9-20(10-6-18)28-23(30)15-32-22-4-2-1-3-16(22)13-17(14-27)24(31)29-21-11-7-19(26)8-12-21/h1-13H,15H2,(H,28,30)(H,29,31). The van der Waals surface area contributed by atoms with E-state index in [4.69, 9.17) is 4.74 Å². The summed E-state index contributed by atoms with van der Waals surface area (Å²) in [7, 11) is 0. The number of para-hydroxylation sites is 1. The molecule has 2 N–H and O–H groups in total. The van der Waals surface area contributed by atoms with E-state index in [0.717, 1.165) is 0 Å². The second-order valence-corrected chi connectivity index (χ2v) is 6.51. The Morgan fingerprint density at radius 1 is 0.875 bits per heavy atom. The highest BCUT2D eigenvalue weighted by atomic mass is 19.1. The second kappa shape index (κ2) is 10.5. The minimum absolute atomic E-state index is 0.207. The number of hydrogen-bond donors (Lipinski definition) is 2. The molecule has 0 spiro atoms. The van der Waals surface area contributed by atoms with Gasteiger partial charge in [-0.2, -0.15) is 5.26 Å². The number of amides is 2. The number of ether oxygens (including phenoxy) is 1. The summed E-state index contributed by atoms with van der Waals surface area (Å²) in [5.74, 6) is -1.73. The van der Waals surface area contributed by atoms with Gasteiger partial charge in [0.1, 0.15) is 29.0 Å². The summed E-state index contributed by atoms with van der Waals surface area (Å²) in [4.78, 5) is 24.5. The van der Waals surface area contributed by atoms with Crippen molar-refractivity contribution in [3.63, 3.8) is 0 Å². The van der Waals surface area contributed by atoms with Crippen LogP contribution in [0.25, 0.3) is 6.08 Å². The Morgan fingerprint density at radius 3 is 2.03 bits per heavy atom. The molecule has 8 heteroatoms. The average molecular weight is 433 g/mol. The molecule has 0 bridgehead atoms. The van der Waals surface area contributed by atoms with E-state index in [1.54, 1.807) is 24.3 Å². The number of rotatable bonds is 7. The lowest BCUT2D eigenvalue weighted by atomic mass is 10.1. The van der Waals surface area contributed by atoms with Crippen molar-refractivity contribution < 1.29 is 23.1 Å². The van der Waals surface area contributed by atoms with Gasteiger partial charge in [0.15, 0.2) is 6.61 Å². The minimum Gasteiger partial charge on any atom is -0.483 e. The van der Waals surface area contributed by atoms with Crippen LogP contribution in [-0.2, 0) is 9.59 Å². The lowest BCUT2D eigenvalue weighted by molar-refractivity contribution is -0.118. The average Bonchev–Trinajstić information content (AvgIpc) is 2.79. The van der Waals surface area contributed by atoms with Gasteiger partial charge >= 0.3 is 0 Å². The normalized spacial score (nSPS) is 10.7. The molecule has 0 saturated carbocycles. The van der Waals surface area contributed by atoms with Crippen LogP contribution in [-0.4, -0.2) is 18.4 Å². The number of benzene rings is 3. The van der Waals surface area contributed by atoms with Crippen LogP contribution in [0.2, 0.25) is 0 Å². The number of anilines is 2.